The first-order valence-corrected chi connectivity index (χ1v) is 0.842. The van der Waals surface area contributed by atoms with Crippen molar-refractivity contribution in [3.8, 4) is 0 Å². The molecule has 4 heteroatoms. The van der Waals surface area contributed by atoms with Crippen molar-refractivity contribution in [3.05, 3.63) is 0 Å². The van der Waals surface area contributed by atoms with Gasteiger partial charge in [-0.3, -0.25) is 0 Å². The SMILES string of the molecule is O.[H-].[H-].[Mg+2].[O]=[Ti]. The molecule has 4 heavy (non-hydrogen) atoms. The molecule has 0 aromatic carbocycles. The van der Waals surface area contributed by atoms with E-state index in [-0.39, 0.29) is 31.4 Å². The van der Waals surface area contributed by atoms with Gasteiger partial charge < -0.3 is 8.33 Å². The summed E-state index contributed by atoms with van der Waals surface area (Å²) in [5.74, 6) is 0. The zero-order valence-corrected chi connectivity index (χ0v) is 5.09. The fourth-order valence-electron chi connectivity index (χ4n) is 0. The first-order valence-electron chi connectivity index (χ1n) is 0.204. The van der Waals surface area contributed by atoms with Crippen LogP contribution >= 0.6 is 0 Å². The average Bonchev–Trinajstić information content (AvgIpc) is 1.00. The van der Waals surface area contributed by atoms with Gasteiger partial charge in [0.05, 0.1) is 0 Å². The summed E-state index contributed by atoms with van der Waals surface area (Å²) in [4.78, 5) is 0. The summed E-state index contributed by atoms with van der Waals surface area (Å²) < 4.78 is 8.25. The van der Waals surface area contributed by atoms with E-state index in [0.717, 1.165) is 20.4 Å². The van der Waals surface area contributed by atoms with E-state index >= 15 is 0 Å². The Bertz CT molecular complexity index is 11.5. The molecule has 0 amide bonds. The summed E-state index contributed by atoms with van der Waals surface area (Å²) in [5, 5.41) is 0. The Balaban J connectivity index is -0.000000000833. The van der Waals surface area contributed by atoms with Gasteiger partial charge in [-0.05, 0) is 0 Å². The quantitative estimate of drug-likeness (QED) is 0.363. The van der Waals surface area contributed by atoms with Crippen LogP contribution in [0.3, 0.4) is 0 Å². The van der Waals surface area contributed by atoms with Crippen LogP contribution in [0.15, 0.2) is 0 Å². The van der Waals surface area contributed by atoms with Crippen LogP contribution in [0.4, 0.5) is 0 Å². The fraction of sp³-hybridized carbons (Fsp3) is 0. The summed E-state index contributed by atoms with van der Waals surface area (Å²) >= 11 is 0.750. The normalized spacial score (nSPS) is 0.750. The van der Waals surface area contributed by atoms with Crippen LogP contribution in [-0.4, -0.2) is 28.5 Å². The van der Waals surface area contributed by atoms with E-state index in [0.29, 0.717) is 0 Å². The van der Waals surface area contributed by atoms with E-state index < -0.39 is 0 Å². The minimum atomic E-state index is 0. The first-order chi connectivity index (χ1) is 1.00. The molecule has 0 aliphatic carbocycles. The molecule has 0 aliphatic heterocycles. The van der Waals surface area contributed by atoms with Gasteiger partial charge in [0.2, 0.25) is 0 Å². The van der Waals surface area contributed by atoms with Crippen molar-refractivity contribution < 1.29 is 32.1 Å². The van der Waals surface area contributed by atoms with Gasteiger partial charge in [-0.1, -0.05) is 0 Å². The van der Waals surface area contributed by atoms with Crippen LogP contribution < -0.4 is 0 Å². The molecule has 2 nitrogen and oxygen atoms in total. The van der Waals surface area contributed by atoms with Gasteiger partial charge in [0, 0.05) is 0 Å². The molecule has 0 bridgehead atoms. The standard InChI is InChI=1S/Mg.H2O.O.Ti.2H/h;1H2;;;;/q+2;;;;2*-1. The van der Waals surface area contributed by atoms with Crippen molar-refractivity contribution in [3.63, 3.8) is 0 Å². The topological polar surface area (TPSA) is 48.6 Å². The van der Waals surface area contributed by atoms with Crippen molar-refractivity contribution >= 4 is 23.1 Å². The van der Waals surface area contributed by atoms with Crippen LogP contribution in [0.5, 0.6) is 0 Å². The molecule has 2 N–H and O–H groups in total. The molecule has 0 saturated carbocycles. The zero-order valence-electron chi connectivity index (χ0n) is 4.12. The molecular weight excluding hydrogens is 104 g/mol. The monoisotopic (exact) mass is 108 g/mol. The van der Waals surface area contributed by atoms with Crippen LogP contribution in [0.25, 0.3) is 0 Å². The van der Waals surface area contributed by atoms with Gasteiger partial charge in [0.1, 0.15) is 0 Å². The first kappa shape index (κ1) is 18.8. The van der Waals surface area contributed by atoms with Gasteiger partial charge in [0.15, 0.2) is 0 Å². The molecule has 0 saturated heterocycles. The number of rotatable bonds is 0. The van der Waals surface area contributed by atoms with Crippen molar-refractivity contribution in [2.75, 3.05) is 0 Å². The predicted molar refractivity (Wildman–Crippen MR) is 12.3 cm³/mol. The summed E-state index contributed by atoms with van der Waals surface area (Å²) in [6.07, 6.45) is 0. The molecule has 0 radical (unpaired) electrons. The van der Waals surface area contributed by atoms with Crippen molar-refractivity contribution in [1.29, 1.82) is 0 Å². The minimum absolute atomic E-state index is 0. The van der Waals surface area contributed by atoms with Crippen LogP contribution in [0.2, 0.25) is 0 Å². The Morgan fingerprint density at radius 3 is 1.50 bits per heavy atom. The molecule has 0 spiro atoms. The third-order valence-electron chi connectivity index (χ3n) is 0. The Labute approximate surface area is 55.1 Å². The Hall–Kier alpha value is 1.24. The molecule has 0 aromatic heterocycles. The molecule has 0 heterocycles. The van der Waals surface area contributed by atoms with Crippen LogP contribution in [-0.2, 0) is 23.7 Å². The number of hydrogen-bond acceptors (Lipinski definition) is 1. The predicted octanol–water partition coefficient (Wildman–Crippen LogP) is -1.10. The van der Waals surface area contributed by atoms with Crippen LogP contribution in [0, 0.1) is 0 Å². The van der Waals surface area contributed by atoms with E-state index in [4.69, 9.17) is 3.32 Å². The second-order valence-electron chi connectivity index (χ2n) is 0. The maximum absolute atomic E-state index is 8.25. The van der Waals surface area contributed by atoms with Gasteiger partial charge in [-0.15, -0.1) is 0 Å². The molecule has 22 valence electrons. The maximum atomic E-state index is 8.25. The third kappa shape index (κ3) is 10.6. The van der Waals surface area contributed by atoms with Crippen LogP contribution in [0.1, 0.15) is 2.85 Å². The van der Waals surface area contributed by atoms with E-state index in [1.165, 1.54) is 0 Å². The summed E-state index contributed by atoms with van der Waals surface area (Å²) in [5.41, 5.74) is 0. The van der Waals surface area contributed by atoms with E-state index in [1.54, 1.807) is 0 Å². The Kier molecular flexibility index (Phi) is 136. The zero-order chi connectivity index (χ0) is 2.00. The summed E-state index contributed by atoms with van der Waals surface area (Å²) in [6, 6.07) is 0. The molecule has 0 unspecified atom stereocenters. The molecule has 0 aliphatic rings. The van der Waals surface area contributed by atoms with Crippen molar-refractivity contribution in [1.82, 2.24) is 0 Å². The Morgan fingerprint density at radius 1 is 1.50 bits per heavy atom. The van der Waals surface area contributed by atoms with E-state index in [1.807, 2.05) is 0 Å². The molecule has 0 atom stereocenters. The second-order valence-corrected chi connectivity index (χ2v) is 0. The fourth-order valence-corrected chi connectivity index (χ4v) is 0. The molecule has 0 fully saturated rings. The molecular formula is H4MgO2Ti. The molecule has 0 aromatic rings. The summed E-state index contributed by atoms with van der Waals surface area (Å²) in [7, 11) is 0. The Morgan fingerprint density at radius 2 is 1.50 bits per heavy atom. The van der Waals surface area contributed by atoms with Crippen molar-refractivity contribution in [2.24, 2.45) is 0 Å². The number of hydrogen-bond donors (Lipinski definition) is 0. The molecule has 0 rings (SSSR count). The van der Waals surface area contributed by atoms with Gasteiger partial charge in [-0.2, -0.15) is 0 Å². The van der Waals surface area contributed by atoms with Crippen molar-refractivity contribution in [2.45, 2.75) is 0 Å². The van der Waals surface area contributed by atoms with Gasteiger partial charge in [-0.25, -0.2) is 0 Å². The van der Waals surface area contributed by atoms with Gasteiger partial charge in [0.25, 0.3) is 0 Å². The van der Waals surface area contributed by atoms with Gasteiger partial charge >= 0.3 is 46.8 Å². The van der Waals surface area contributed by atoms with E-state index in [2.05, 4.69) is 0 Å². The average molecular weight is 108 g/mol. The summed E-state index contributed by atoms with van der Waals surface area (Å²) in [6.45, 7) is 0. The second kappa shape index (κ2) is 28.9. The third-order valence-corrected chi connectivity index (χ3v) is 0. The van der Waals surface area contributed by atoms with E-state index in [9.17, 15) is 0 Å².